The van der Waals surface area contributed by atoms with Crippen molar-refractivity contribution in [1.82, 2.24) is 0 Å². The summed E-state index contributed by atoms with van der Waals surface area (Å²) in [5.74, 6) is -1.12. The first-order valence-corrected chi connectivity index (χ1v) is 3.99. The van der Waals surface area contributed by atoms with Crippen LogP contribution in [0.2, 0.25) is 0 Å². The highest BCUT2D eigenvalue weighted by Crippen LogP contribution is 2.17. The summed E-state index contributed by atoms with van der Waals surface area (Å²) < 4.78 is 4.61. The Balaban J connectivity index is 4.40. The van der Waals surface area contributed by atoms with Gasteiger partial charge in [-0.05, 0) is 12.8 Å². The van der Waals surface area contributed by atoms with Gasteiger partial charge in [0.2, 0.25) is 0 Å². The number of carbonyl (C=O) groups excluding carboxylic acids is 1. The van der Waals surface area contributed by atoms with Crippen molar-refractivity contribution in [2.24, 2.45) is 5.92 Å². The topological polar surface area (TPSA) is 66.8 Å². The number of esters is 1. The van der Waals surface area contributed by atoms with E-state index in [1.807, 2.05) is 0 Å². The molecule has 0 heterocycles. The number of aliphatic hydroxyl groups excluding tert-OH is 1. The summed E-state index contributed by atoms with van der Waals surface area (Å²) in [5, 5.41) is 18.4. The van der Waals surface area contributed by atoms with Gasteiger partial charge in [0.1, 0.15) is 0 Å². The van der Waals surface area contributed by atoms with E-state index in [0.717, 1.165) is 0 Å². The minimum Gasteiger partial charge on any atom is -0.464 e. The number of ether oxygens (including phenoxy) is 1. The largest absolute Gasteiger partial charge is 0.464 e. The van der Waals surface area contributed by atoms with Gasteiger partial charge in [-0.1, -0.05) is 13.8 Å². The summed E-state index contributed by atoms with van der Waals surface area (Å²) in [6.07, 6.45) is 0. The van der Waals surface area contributed by atoms with E-state index in [1.165, 1.54) is 0 Å². The van der Waals surface area contributed by atoms with Crippen molar-refractivity contribution in [3.8, 4) is 0 Å². The summed E-state index contributed by atoms with van der Waals surface area (Å²) in [6, 6.07) is 0. The smallest absolute Gasteiger partial charge is 0.340 e. The van der Waals surface area contributed by atoms with Crippen LogP contribution in [-0.2, 0) is 9.53 Å². The predicted molar refractivity (Wildman–Crippen MR) is 43.5 cm³/mol. The fourth-order valence-electron chi connectivity index (χ4n) is 0.739. The molecule has 0 spiro atoms. The van der Waals surface area contributed by atoms with Crippen LogP contribution < -0.4 is 0 Å². The molecule has 4 heteroatoms. The molecule has 0 radical (unpaired) electrons. The van der Waals surface area contributed by atoms with Gasteiger partial charge < -0.3 is 14.9 Å². The van der Waals surface area contributed by atoms with Gasteiger partial charge in [-0.3, -0.25) is 0 Å². The van der Waals surface area contributed by atoms with Crippen LogP contribution in [0.1, 0.15) is 20.8 Å². The molecule has 4 nitrogen and oxygen atoms in total. The summed E-state index contributed by atoms with van der Waals surface area (Å²) in [4.78, 5) is 11.1. The molecule has 0 aliphatic carbocycles. The lowest BCUT2D eigenvalue weighted by Crippen LogP contribution is -2.48. The zero-order chi connectivity index (χ0) is 9.78. The van der Waals surface area contributed by atoms with Crippen molar-refractivity contribution in [2.75, 3.05) is 13.2 Å². The fraction of sp³-hybridized carbons (Fsp3) is 0.875. The van der Waals surface area contributed by atoms with Crippen molar-refractivity contribution < 1.29 is 19.7 Å². The van der Waals surface area contributed by atoms with Gasteiger partial charge in [0.25, 0.3) is 0 Å². The number of rotatable bonds is 4. The molecule has 0 amide bonds. The molecular weight excluding hydrogens is 160 g/mol. The third-order valence-corrected chi connectivity index (χ3v) is 1.83. The maximum atomic E-state index is 11.1. The van der Waals surface area contributed by atoms with E-state index in [0.29, 0.717) is 0 Å². The lowest BCUT2D eigenvalue weighted by molar-refractivity contribution is -0.175. The molecular formula is C8H16O4. The Hall–Kier alpha value is -0.610. The molecule has 0 bridgehead atoms. The highest BCUT2D eigenvalue weighted by Gasteiger charge is 2.40. The minimum atomic E-state index is -1.75. The van der Waals surface area contributed by atoms with Crippen LogP contribution in [0.5, 0.6) is 0 Å². The van der Waals surface area contributed by atoms with Gasteiger partial charge in [-0.15, -0.1) is 0 Å². The Labute approximate surface area is 72.2 Å². The molecule has 1 atom stereocenters. The molecule has 0 aromatic carbocycles. The van der Waals surface area contributed by atoms with Crippen LogP contribution >= 0.6 is 0 Å². The second-order valence-corrected chi connectivity index (χ2v) is 2.96. The first kappa shape index (κ1) is 11.4. The Kier molecular flexibility index (Phi) is 4.20. The van der Waals surface area contributed by atoms with Crippen molar-refractivity contribution in [3.05, 3.63) is 0 Å². The SMILES string of the molecule is CCOC(=O)C(O)(CO)C(C)C. The van der Waals surface area contributed by atoms with Gasteiger partial charge in [0, 0.05) is 0 Å². The molecule has 0 saturated carbocycles. The van der Waals surface area contributed by atoms with E-state index in [4.69, 9.17) is 5.11 Å². The molecule has 0 saturated heterocycles. The Morgan fingerprint density at radius 1 is 1.58 bits per heavy atom. The second-order valence-electron chi connectivity index (χ2n) is 2.96. The Morgan fingerprint density at radius 2 is 2.08 bits per heavy atom. The first-order valence-electron chi connectivity index (χ1n) is 3.99. The van der Waals surface area contributed by atoms with Gasteiger partial charge in [0.15, 0.2) is 5.60 Å². The first-order chi connectivity index (χ1) is 5.49. The normalized spacial score (nSPS) is 15.8. The monoisotopic (exact) mass is 176 g/mol. The highest BCUT2D eigenvalue weighted by molar-refractivity contribution is 5.79. The zero-order valence-corrected chi connectivity index (χ0v) is 7.70. The summed E-state index contributed by atoms with van der Waals surface area (Å²) in [7, 11) is 0. The molecule has 0 rings (SSSR count). The van der Waals surface area contributed by atoms with E-state index >= 15 is 0 Å². The Bertz CT molecular complexity index is 155. The summed E-state index contributed by atoms with van der Waals surface area (Å²) in [5.41, 5.74) is -1.75. The van der Waals surface area contributed by atoms with Gasteiger partial charge in [0.05, 0.1) is 13.2 Å². The lowest BCUT2D eigenvalue weighted by atomic mass is 9.91. The molecule has 1 unspecified atom stereocenters. The number of aliphatic hydroxyl groups is 2. The van der Waals surface area contributed by atoms with Crippen LogP contribution in [0.4, 0.5) is 0 Å². The van der Waals surface area contributed by atoms with Crippen molar-refractivity contribution in [3.63, 3.8) is 0 Å². The molecule has 0 aliphatic heterocycles. The van der Waals surface area contributed by atoms with Crippen LogP contribution in [-0.4, -0.2) is 35.0 Å². The summed E-state index contributed by atoms with van der Waals surface area (Å²) >= 11 is 0. The van der Waals surface area contributed by atoms with Crippen LogP contribution in [0.15, 0.2) is 0 Å². The molecule has 12 heavy (non-hydrogen) atoms. The van der Waals surface area contributed by atoms with E-state index in [1.54, 1.807) is 20.8 Å². The third kappa shape index (κ3) is 2.19. The van der Waals surface area contributed by atoms with Crippen LogP contribution in [0.3, 0.4) is 0 Å². The molecule has 0 fully saturated rings. The van der Waals surface area contributed by atoms with Gasteiger partial charge >= 0.3 is 5.97 Å². The van der Waals surface area contributed by atoms with Crippen molar-refractivity contribution in [2.45, 2.75) is 26.4 Å². The third-order valence-electron chi connectivity index (χ3n) is 1.83. The maximum Gasteiger partial charge on any atom is 0.340 e. The lowest BCUT2D eigenvalue weighted by Gasteiger charge is -2.26. The van der Waals surface area contributed by atoms with E-state index in [-0.39, 0.29) is 12.5 Å². The molecule has 0 aromatic heterocycles. The summed E-state index contributed by atoms with van der Waals surface area (Å²) in [6.45, 7) is 4.54. The Morgan fingerprint density at radius 3 is 2.33 bits per heavy atom. The fourth-order valence-corrected chi connectivity index (χ4v) is 0.739. The second kappa shape index (κ2) is 4.42. The number of hydrogen-bond acceptors (Lipinski definition) is 4. The van der Waals surface area contributed by atoms with Gasteiger partial charge in [-0.25, -0.2) is 4.79 Å². The highest BCUT2D eigenvalue weighted by atomic mass is 16.6. The molecule has 2 N–H and O–H groups in total. The number of hydrogen-bond donors (Lipinski definition) is 2. The quantitative estimate of drug-likeness (QED) is 0.588. The predicted octanol–water partition coefficient (Wildman–Crippen LogP) is -0.0711. The molecule has 0 aliphatic rings. The average molecular weight is 176 g/mol. The standard InChI is InChI=1S/C8H16O4/c1-4-12-7(10)8(11,5-9)6(2)3/h6,9,11H,4-5H2,1-3H3. The number of carbonyl (C=O) groups is 1. The maximum absolute atomic E-state index is 11.1. The van der Waals surface area contributed by atoms with E-state index < -0.39 is 18.2 Å². The molecule has 0 aromatic rings. The van der Waals surface area contributed by atoms with Crippen LogP contribution in [0, 0.1) is 5.92 Å². The zero-order valence-electron chi connectivity index (χ0n) is 7.70. The minimum absolute atomic E-state index is 0.202. The van der Waals surface area contributed by atoms with Crippen molar-refractivity contribution >= 4 is 5.97 Å². The van der Waals surface area contributed by atoms with Crippen molar-refractivity contribution in [1.29, 1.82) is 0 Å². The molecule has 72 valence electrons. The van der Waals surface area contributed by atoms with Crippen LogP contribution in [0.25, 0.3) is 0 Å². The average Bonchev–Trinajstić information content (AvgIpc) is 2.03. The van der Waals surface area contributed by atoms with E-state index in [9.17, 15) is 9.90 Å². The van der Waals surface area contributed by atoms with Gasteiger partial charge in [-0.2, -0.15) is 0 Å². The van der Waals surface area contributed by atoms with E-state index in [2.05, 4.69) is 4.74 Å².